The van der Waals surface area contributed by atoms with E-state index in [2.05, 4.69) is 4.98 Å². The van der Waals surface area contributed by atoms with Gasteiger partial charge >= 0.3 is 5.97 Å². The Morgan fingerprint density at radius 2 is 2.09 bits per heavy atom. The van der Waals surface area contributed by atoms with Crippen molar-refractivity contribution in [3.63, 3.8) is 0 Å². The molecule has 0 saturated heterocycles. The number of likely N-dealkylation sites (N-methyl/N-ethyl adjacent to an activating group) is 1. The first-order valence-electron chi connectivity index (χ1n) is 7.20. The van der Waals surface area contributed by atoms with E-state index in [1.165, 1.54) is 16.2 Å². The Labute approximate surface area is 143 Å². The van der Waals surface area contributed by atoms with Crippen LogP contribution >= 0.6 is 22.9 Å². The van der Waals surface area contributed by atoms with Crippen LogP contribution in [0.25, 0.3) is 10.6 Å². The van der Waals surface area contributed by atoms with Gasteiger partial charge in [0, 0.05) is 24.0 Å². The fraction of sp³-hybridized carbons (Fsp3) is 0.312. The van der Waals surface area contributed by atoms with E-state index in [9.17, 15) is 9.59 Å². The minimum absolute atomic E-state index is 0.0540. The lowest BCUT2D eigenvalue weighted by molar-refractivity contribution is -0.138. The van der Waals surface area contributed by atoms with Gasteiger partial charge in [0.2, 0.25) is 5.91 Å². The van der Waals surface area contributed by atoms with Gasteiger partial charge in [-0.3, -0.25) is 9.59 Å². The monoisotopic (exact) mass is 352 g/mol. The van der Waals surface area contributed by atoms with Crippen molar-refractivity contribution in [2.45, 2.75) is 19.8 Å². The molecule has 0 bridgehead atoms. The van der Waals surface area contributed by atoms with Crippen LogP contribution in [0.1, 0.15) is 19.0 Å². The molecule has 0 aliphatic rings. The minimum Gasteiger partial charge on any atom is -0.481 e. The third-order valence-electron chi connectivity index (χ3n) is 3.32. The second kappa shape index (κ2) is 8.08. The van der Waals surface area contributed by atoms with Gasteiger partial charge in [-0.15, -0.1) is 11.3 Å². The van der Waals surface area contributed by atoms with Crippen molar-refractivity contribution in [3.8, 4) is 10.6 Å². The van der Waals surface area contributed by atoms with Gasteiger partial charge in [-0.25, -0.2) is 4.98 Å². The van der Waals surface area contributed by atoms with Crippen LogP contribution in [0.4, 0.5) is 0 Å². The summed E-state index contributed by atoms with van der Waals surface area (Å²) in [7, 11) is 0. The fourth-order valence-corrected chi connectivity index (χ4v) is 3.24. The Bertz CT molecular complexity index is 702. The number of thiazole rings is 1. The predicted octanol–water partition coefficient (Wildman–Crippen LogP) is 3.33. The van der Waals surface area contributed by atoms with E-state index in [1.807, 2.05) is 30.5 Å². The quantitative estimate of drug-likeness (QED) is 0.829. The minimum atomic E-state index is -0.911. The maximum absolute atomic E-state index is 12.2. The zero-order valence-electron chi connectivity index (χ0n) is 12.7. The number of rotatable bonds is 7. The number of benzene rings is 1. The molecule has 7 heteroatoms. The molecule has 1 amide bonds. The first-order valence-corrected chi connectivity index (χ1v) is 8.46. The zero-order valence-corrected chi connectivity index (χ0v) is 14.2. The molecule has 1 aromatic carbocycles. The van der Waals surface area contributed by atoms with Gasteiger partial charge in [0.15, 0.2) is 0 Å². The Morgan fingerprint density at radius 3 is 2.74 bits per heavy atom. The van der Waals surface area contributed by atoms with Gasteiger partial charge in [-0.05, 0) is 13.0 Å². The van der Waals surface area contributed by atoms with Crippen LogP contribution < -0.4 is 0 Å². The smallest absolute Gasteiger partial charge is 0.305 e. The molecule has 0 unspecified atom stereocenters. The lowest BCUT2D eigenvalue weighted by Crippen LogP contribution is -2.34. The molecule has 0 saturated carbocycles. The van der Waals surface area contributed by atoms with E-state index in [-0.39, 0.29) is 25.3 Å². The van der Waals surface area contributed by atoms with E-state index in [4.69, 9.17) is 16.7 Å². The highest BCUT2D eigenvalue weighted by atomic mass is 35.5. The number of carbonyl (C=O) groups is 2. The van der Waals surface area contributed by atoms with E-state index < -0.39 is 5.97 Å². The van der Waals surface area contributed by atoms with Gasteiger partial charge in [-0.2, -0.15) is 0 Å². The highest BCUT2D eigenvalue weighted by molar-refractivity contribution is 7.13. The summed E-state index contributed by atoms with van der Waals surface area (Å²) in [5.74, 6) is -1.03. The number of aromatic nitrogens is 1. The Kier molecular flexibility index (Phi) is 6.12. The molecule has 0 atom stereocenters. The van der Waals surface area contributed by atoms with E-state index in [0.29, 0.717) is 17.3 Å². The molecule has 2 aromatic rings. The number of aliphatic carboxylic acids is 1. The van der Waals surface area contributed by atoms with Gasteiger partial charge in [0.25, 0.3) is 0 Å². The van der Waals surface area contributed by atoms with Gasteiger partial charge in [0.05, 0.1) is 23.6 Å². The van der Waals surface area contributed by atoms with Crippen LogP contribution in [-0.4, -0.2) is 40.0 Å². The Hall–Kier alpha value is -1.92. The van der Waals surface area contributed by atoms with E-state index >= 15 is 0 Å². The molecule has 2 rings (SSSR count). The van der Waals surface area contributed by atoms with Crippen molar-refractivity contribution in [1.29, 1.82) is 0 Å². The lowest BCUT2D eigenvalue weighted by Gasteiger charge is -2.19. The molecule has 1 aromatic heterocycles. The molecule has 0 radical (unpaired) electrons. The van der Waals surface area contributed by atoms with Crippen molar-refractivity contribution in [1.82, 2.24) is 9.88 Å². The summed E-state index contributed by atoms with van der Waals surface area (Å²) in [5, 5.41) is 12.0. The Morgan fingerprint density at radius 1 is 1.35 bits per heavy atom. The standard InChI is InChI=1S/C16H17ClN2O3S/c1-2-19(8-7-15(21)22)14(20)9-11-10-23-16(18-11)12-5-3-4-6-13(12)17/h3-6,10H,2,7-9H2,1H3,(H,21,22). The normalized spacial score (nSPS) is 10.5. The largest absolute Gasteiger partial charge is 0.481 e. The molecule has 1 N–H and O–H groups in total. The molecular weight excluding hydrogens is 336 g/mol. The number of hydrogen-bond donors (Lipinski definition) is 1. The number of nitrogens with zero attached hydrogens (tertiary/aromatic N) is 2. The van der Waals surface area contributed by atoms with E-state index in [1.54, 1.807) is 6.07 Å². The second-order valence-corrected chi connectivity index (χ2v) is 6.18. The van der Waals surface area contributed by atoms with Gasteiger partial charge < -0.3 is 10.0 Å². The maximum atomic E-state index is 12.2. The summed E-state index contributed by atoms with van der Waals surface area (Å²) in [4.78, 5) is 28.9. The summed E-state index contributed by atoms with van der Waals surface area (Å²) in [6.45, 7) is 2.52. The topological polar surface area (TPSA) is 70.5 Å². The summed E-state index contributed by atoms with van der Waals surface area (Å²) >= 11 is 7.59. The molecule has 122 valence electrons. The number of carbonyl (C=O) groups excluding carboxylic acids is 1. The third-order valence-corrected chi connectivity index (χ3v) is 4.57. The van der Waals surface area contributed by atoms with Crippen LogP contribution in [0.3, 0.4) is 0 Å². The van der Waals surface area contributed by atoms with Crippen molar-refractivity contribution >= 4 is 34.8 Å². The highest BCUT2D eigenvalue weighted by Gasteiger charge is 2.16. The summed E-state index contributed by atoms with van der Waals surface area (Å²) in [6, 6.07) is 7.43. The number of amides is 1. The van der Waals surface area contributed by atoms with Crippen LogP contribution in [0.2, 0.25) is 5.02 Å². The zero-order chi connectivity index (χ0) is 16.8. The van der Waals surface area contributed by atoms with Crippen LogP contribution in [0, 0.1) is 0 Å². The van der Waals surface area contributed by atoms with Crippen molar-refractivity contribution < 1.29 is 14.7 Å². The second-order valence-electron chi connectivity index (χ2n) is 4.92. The van der Waals surface area contributed by atoms with Crippen LogP contribution in [0.15, 0.2) is 29.6 Å². The Balaban J connectivity index is 2.05. The van der Waals surface area contributed by atoms with Gasteiger partial charge in [0.1, 0.15) is 5.01 Å². The van der Waals surface area contributed by atoms with Crippen LogP contribution in [-0.2, 0) is 16.0 Å². The molecule has 1 heterocycles. The first-order chi connectivity index (χ1) is 11.0. The summed E-state index contributed by atoms with van der Waals surface area (Å²) in [6.07, 6.45) is 0.107. The molecule has 0 aliphatic heterocycles. The molecule has 5 nitrogen and oxygen atoms in total. The number of carboxylic acids is 1. The number of halogens is 1. The average molecular weight is 353 g/mol. The highest BCUT2D eigenvalue weighted by Crippen LogP contribution is 2.30. The molecule has 23 heavy (non-hydrogen) atoms. The molecule has 0 fully saturated rings. The first kappa shape index (κ1) is 17.4. The lowest BCUT2D eigenvalue weighted by atomic mass is 10.2. The predicted molar refractivity (Wildman–Crippen MR) is 90.8 cm³/mol. The number of carboxylic acid groups (broad SMARTS) is 1. The van der Waals surface area contributed by atoms with Crippen molar-refractivity contribution in [3.05, 3.63) is 40.4 Å². The van der Waals surface area contributed by atoms with Gasteiger partial charge in [-0.1, -0.05) is 29.8 Å². The molecular formula is C16H17ClN2O3S. The summed E-state index contributed by atoms with van der Waals surface area (Å²) < 4.78 is 0. The SMILES string of the molecule is CCN(CCC(=O)O)C(=O)Cc1csc(-c2ccccc2Cl)n1. The van der Waals surface area contributed by atoms with Crippen molar-refractivity contribution in [2.24, 2.45) is 0 Å². The van der Waals surface area contributed by atoms with Crippen molar-refractivity contribution in [2.75, 3.05) is 13.1 Å². The van der Waals surface area contributed by atoms with Crippen LogP contribution in [0.5, 0.6) is 0 Å². The molecule has 0 spiro atoms. The van der Waals surface area contributed by atoms with E-state index in [0.717, 1.165) is 10.6 Å². The average Bonchev–Trinajstić information content (AvgIpc) is 2.96. The fourth-order valence-electron chi connectivity index (χ4n) is 2.10. The third kappa shape index (κ3) is 4.77. The molecule has 0 aliphatic carbocycles. The summed E-state index contributed by atoms with van der Waals surface area (Å²) in [5.41, 5.74) is 1.51. The maximum Gasteiger partial charge on any atom is 0.305 e. The number of hydrogen-bond acceptors (Lipinski definition) is 4.